The van der Waals surface area contributed by atoms with E-state index < -0.39 is 5.25 Å². The van der Waals surface area contributed by atoms with Gasteiger partial charge < -0.3 is 14.8 Å². The van der Waals surface area contributed by atoms with Crippen LogP contribution in [0.3, 0.4) is 0 Å². The lowest BCUT2D eigenvalue weighted by atomic mass is 10.2. The lowest BCUT2D eigenvalue weighted by Gasteiger charge is -2.12. The van der Waals surface area contributed by atoms with Gasteiger partial charge >= 0.3 is 0 Å². The number of methoxy groups -OCH3 is 1. The fourth-order valence-corrected chi connectivity index (χ4v) is 3.78. The highest BCUT2D eigenvalue weighted by Gasteiger charge is 2.19. The average Bonchev–Trinajstić information content (AvgIpc) is 3.32. The van der Waals surface area contributed by atoms with Crippen LogP contribution in [0.5, 0.6) is 11.5 Å². The Balaban J connectivity index is 1.33. The molecule has 168 valence electrons. The Morgan fingerprint density at radius 1 is 1.00 bits per heavy atom. The minimum atomic E-state index is -0.415. The molecule has 1 aromatic heterocycles. The van der Waals surface area contributed by atoms with Crippen LogP contribution < -0.4 is 14.8 Å². The van der Waals surface area contributed by atoms with Gasteiger partial charge in [0, 0.05) is 5.69 Å². The van der Waals surface area contributed by atoms with Gasteiger partial charge in [-0.25, -0.2) is 0 Å². The Kier molecular flexibility index (Phi) is 7.21. The molecule has 0 saturated heterocycles. The second kappa shape index (κ2) is 10.6. The number of thioether (sulfide) groups is 1. The zero-order valence-electron chi connectivity index (χ0n) is 18.2. The summed E-state index contributed by atoms with van der Waals surface area (Å²) in [5.74, 6) is 1.32. The Hall–Kier alpha value is -3.85. The first-order chi connectivity index (χ1) is 16.1. The van der Waals surface area contributed by atoms with Crippen LogP contribution >= 0.6 is 11.8 Å². The fraction of sp³-hybridized carbons (Fsp3) is 0.167. The predicted molar refractivity (Wildman–Crippen MR) is 127 cm³/mol. The van der Waals surface area contributed by atoms with E-state index in [2.05, 4.69) is 20.8 Å². The molecule has 1 N–H and O–H groups in total. The van der Waals surface area contributed by atoms with Crippen molar-refractivity contribution in [1.82, 2.24) is 20.2 Å². The zero-order chi connectivity index (χ0) is 23.0. The van der Waals surface area contributed by atoms with Crippen molar-refractivity contribution in [2.45, 2.75) is 23.9 Å². The highest BCUT2D eigenvalue weighted by Crippen LogP contribution is 2.25. The van der Waals surface area contributed by atoms with E-state index in [1.54, 1.807) is 11.8 Å². The van der Waals surface area contributed by atoms with Crippen LogP contribution in [0, 0.1) is 0 Å². The molecule has 0 spiro atoms. The largest absolute Gasteiger partial charge is 0.497 e. The number of aromatic nitrogens is 4. The second-order valence-electron chi connectivity index (χ2n) is 7.12. The standard InChI is InChI=1S/C24H23N5O3S/c1-17(33-24-26-27-28-29(24)20-10-14-21(31-2)15-11-20)23(30)25-19-8-12-22(13-9-19)32-16-18-6-4-3-5-7-18/h3-15,17H,16H2,1-2H3,(H,25,30)/t17-/m0/s1. The molecule has 33 heavy (non-hydrogen) atoms. The first kappa shape index (κ1) is 22.3. The first-order valence-corrected chi connectivity index (χ1v) is 11.2. The van der Waals surface area contributed by atoms with Gasteiger partial charge in [-0.1, -0.05) is 42.1 Å². The van der Waals surface area contributed by atoms with Crippen molar-refractivity contribution in [3.05, 3.63) is 84.4 Å². The molecule has 0 bridgehead atoms. The van der Waals surface area contributed by atoms with Crippen molar-refractivity contribution in [1.29, 1.82) is 0 Å². The van der Waals surface area contributed by atoms with Gasteiger partial charge in [-0.05, 0) is 71.4 Å². The third-order valence-electron chi connectivity index (χ3n) is 4.78. The predicted octanol–water partition coefficient (Wildman–Crippen LogP) is 4.37. The van der Waals surface area contributed by atoms with E-state index in [1.165, 1.54) is 11.8 Å². The Morgan fingerprint density at radius 3 is 2.39 bits per heavy atom. The van der Waals surface area contributed by atoms with E-state index >= 15 is 0 Å². The van der Waals surface area contributed by atoms with Crippen LogP contribution in [-0.2, 0) is 11.4 Å². The van der Waals surface area contributed by atoms with E-state index in [0.29, 0.717) is 17.5 Å². The normalized spacial score (nSPS) is 11.6. The molecule has 0 saturated carbocycles. The van der Waals surface area contributed by atoms with E-state index in [9.17, 15) is 4.79 Å². The van der Waals surface area contributed by atoms with Gasteiger partial charge in [0.2, 0.25) is 11.1 Å². The summed E-state index contributed by atoms with van der Waals surface area (Å²) in [5, 5.41) is 14.9. The molecule has 1 amide bonds. The highest BCUT2D eigenvalue weighted by molar-refractivity contribution is 8.00. The van der Waals surface area contributed by atoms with Crippen molar-refractivity contribution < 1.29 is 14.3 Å². The van der Waals surface area contributed by atoms with E-state index in [1.807, 2.05) is 85.8 Å². The Bertz CT molecular complexity index is 1180. The number of hydrogen-bond donors (Lipinski definition) is 1. The molecule has 4 aromatic rings. The maximum Gasteiger partial charge on any atom is 0.237 e. The van der Waals surface area contributed by atoms with Gasteiger partial charge in [0.15, 0.2) is 0 Å². The van der Waals surface area contributed by atoms with Crippen molar-refractivity contribution in [3.63, 3.8) is 0 Å². The molecule has 4 rings (SSSR count). The monoisotopic (exact) mass is 461 g/mol. The smallest absolute Gasteiger partial charge is 0.237 e. The third kappa shape index (κ3) is 5.89. The number of rotatable bonds is 9. The van der Waals surface area contributed by atoms with E-state index in [0.717, 1.165) is 22.7 Å². The van der Waals surface area contributed by atoms with Crippen molar-refractivity contribution in [2.75, 3.05) is 12.4 Å². The summed E-state index contributed by atoms with van der Waals surface area (Å²) in [7, 11) is 1.61. The Labute approximate surface area is 195 Å². The molecular weight excluding hydrogens is 438 g/mol. The number of tetrazole rings is 1. The van der Waals surface area contributed by atoms with Crippen LogP contribution in [0.4, 0.5) is 5.69 Å². The lowest BCUT2D eigenvalue weighted by molar-refractivity contribution is -0.115. The quantitative estimate of drug-likeness (QED) is 0.370. The summed E-state index contributed by atoms with van der Waals surface area (Å²) in [4.78, 5) is 12.7. The average molecular weight is 462 g/mol. The molecule has 9 heteroatoms. The number of carbonyl (C=O) groups excluding carboxylic acids is 1. The summed E-state index contributed by atoms with van der Waals surface area (Å²) in [6.07, 6.45) is 0. The van der Waals surface area contributed by atoms with Crippen LogP contribution in [-0.4, -0.2) is 38.5 Å². The maximum atomic E-state index is 12.7. The van der Waals surface area contributed by atoms with Gasteiger partial charge in [0.05, 0.1) is 18.0 Å². The van der Waals surface area contributed by atoms with Gasteiger partial charge in [-0.3, -0.25) is 4.79 Å². The van der Waals surface area contributed by atoms with Crippen LogP contribution in [0.25, 0.3) is 5.69 Å². The molecule has 0 aliphatic rings. The number of hydrogen-bond acceptors (Lipinski definition) is 7. The first-order valence-electron chi connectivity index (χ1n) is 10.3. The van der Waals surface area contributed by atoms with Crippen LogP contribution in [0.2, 0.25) is 0 Å². The summed E-state index contributed by atoms with van der Waals surface area (Å²) < 4.78 is 12.6. The molecule has 0 aliphatic carbocycles. The molecule has 0 radical (unpaired) electrons. The van der Waals surface area contributed by atoms with Crippen molar-refractivity contribution >= 4 is 23.4 Å². The molecule has 1 atom stereocenters. The second-order valence-corrected chi connectivity index (χ2v) is 8.43. The third-order valence-corrected chi connectivity index (χ3v) is 5.81. The number of amides is 1. The minimum Gasteiger partial charge on any atom is -0.497 e. The van der Waals surface area contributed by atoms with Crippen molar-refractivity contribution in [3.8, 4) is 17.2 Å². The molecule has 0 aliphatic heterocycles. The number of anilines is 1. The molecule has 8 nitrogen and oxygen atoms in total. The van der Waals surface area contributed by atoms with Crippen LogP contribution in [0.1, 0.15) is 12.5 Å². The molecular formula is C24H23N5O3S. The minimum absolute atomic E-state index is 0.151. The summed E-state index contributed by atoms with van der Waals surface area (Å²) in [6.45, 7) is 2.30. The Morgan fingerprint density at radius 2 is 1.70 bits per heavy atom. The molecule has 0 unspecified atom stereocenters. The van der Waals surface area contributed by atoms with Gasteiger partial charge in [-0.2, -0.15) is 4.68 Å². The summed E-state index contributed by atoms with van der Waals surface area (Å²) >= 11 is 1.28. The van der Waals surface area contributed by atoms with E-state index in [-0.39, 0.29) is 5.91 Å². The summed E-state index contributed by atoms with van der Waals surface area (Å²) in [5.41, 5.74) is 2.56. The van der Waals surface area contributed by atoms with E-state index in [4.69, 9.17) is 9.47 Å². The molecule has 3 aromatic carbocycles. The number of ether oxygens (including phenoxy) is 2. The zero-order valence-corrected chi connectivity index (χ0v) is 19.0. The van der Waals surface area contributed by atoms with Gasteiger partial charge in [0.25, 0.3) is 0 Å². The number of benzene rings is 3. The SMILES string of the molecule is COc1ccc(-n2nnnc2S[C@@H](C)C(=O)Nc2ccc(OCc3ccccc3)cc2)cc1. The van der Waals surface area contributed by atoms with Crippen LogP contribution in [0.15, 0.2) is 84.0 Å². The fourth-order valence-electron chi connectivity index (χ4n) is 2.97. The number of nitrogens with one attached hydrogen (secondary N) is 1. The van der Waals surface area contributed by atoms with Crippen molar-refractivity contribution in [2.24, 2.45) is 0 Å². The lowest BCUT2D eigenvalue weighted by Crippen LogP contribution is -2.22. The maximum absolute atomic E-state index is 12.7. The molecule has 0 fully saturated rings. The molecule has 1 heterocycles. The summed E-state index contributed by atoms with van der Waals surface area (Å²) in [6, 6.07) is 24.6. The topological polar surface area (TPSA) is 91.2 Å². The number of nitrogens with zero attached hydrogens (tertiary/aromatic N) is 4. The highest BCUT2D eigenvalue weighted by atomic mass is 32.2. The number of carbonyl (C=O) groups is 1. The van der Waals surface area contributed by atoms with Gasteiger partial charge in [-0.15, -0.1) is 5.10 Å². The van der Waals surface area contributed by atoms with Gasteiger partial charge in [0.1, 0.15) is 18.1 Å².